The third kappa shape index (κ3) is 4.74. The number of hydrogen-bond acceptors (Lipinski definition) is 5. The second-order valence-electron chi connectivity index (χ2n) is 6.04. The molecular formula is C21H19ClFNO4S. The fourth-order valence-electron chi connectivity index (χ4n) is 2.79. The van der Waals surface area contributed by atoms with Crippen LogP contribution >= 0.6 is 23.4 Å². The molecule has 0 aliphatic carbocycles. The van der Waals surface area contributed by atoms with Gasteiger partial charge in [0.25, 0.3) is 11.1 Å². The predicted octanol–water partition coefficient (Wildman–Crippen LogP) is 5.51. The van der Waals surface area contributed by atoms with Gasteiger partial charge in [0, 0.05) is 10.6 Å². The number of benzene rings is 2. The molecule has 3 rings (SSSR count). The zero-order valence-electron chi connectivity index (χ0n) is 15.9. The first-order valence-corrected chi connectivity index (χ1v) is 10.2. The first-order valence-electron chi connectivity index (χ1n) is 9.02. The number of amides is 2. The third-order valence-electron chi connectivity index (χ3n) is 4.12. The zero-order chi connectivity index (χ0) is 21.0. The molecule has 0 N–H and O–H groups in total. The molecule has 29 heavy (non-hydrogen) atoms. The van der Waals surface area contributed by atoms with Gasteiger partial charge in [-0.3, -0.25) is 14.5 Å². The van der Waals surface area contributed by atoms with Crippen molar-refractivity contribution < 1.29 is 23.5 Å². The number of ether oxygens (including phenoxy) is 2. The lowest BCUT2D eigenvalue weighted by atomic mass is 10.1. The number of carbonyl (C=O) groups is 2. The maximum Gasteiger partial charge on any atom is 0.293 e. The molecule has 1 heterocycles. The van der Waals surface area contributed by atoms with Gasteiger partial charge in [-0.1, -0.05) is 23.7 Å². The molecule has 0 unspecified atom stereocenters. The van der Waals surface area contributed by atoms with Crippen molar-refractivity contribution in [2.75, 3.05) is 13.2 Å². The summed E-state index contributed by atoms with van der Waals surface area (Å²) >= 11 is 6.82. The number of halogens is 2. The van der Waals surface area contributed by atoms with Crippen LogP contribution in [0.25, 0.3) is 6.08 Å². The number of hydrogen-bond donors (Lipinski definition) is 0. The van der Waals surface area contributed by atoms with Crippen LogP contribution in [0.4, 0.5) is 9.18 Å². The fraction of sp³-hybridized carbons (Fsp3) is 0.238. The molecule has 0 aromatic heterocycles. The molecule has 152 valence electrons. The molecule has 1 fully saturated rings. The molecule has 0 radical (unpaired) electrons. The van der Waals surface area contributed by atoms with Crippen LogP contribution in [0, 0.1) is 5.82 Å². The second-order valence-corrected chi connectivity index (χ2v) is 7.44. The molecule has 1 aliphatic heterocycles. The van der Waals surface area contributed by atoms with Crippen LogP contribution in [0.15, 0.2) is 41.3 Å². The lowest BCUT2D eigenvalue weighted by Gasteiger charge is -2.14. The van der Waals surface area contributed by atoms with Gasteiger partial charge in [-0.05, 0) is 61.5 Å². The number of nitrogens with zero attached hydrogens (tertiary/aromatic N) is 1. The first kappa shape index (κ1) is 21.2. The van der Waals surface area contributed by atoms with E-state index in [0.29, 0.717) is 30.3 Å². The summed E-state index contributed by atoms with van der Waals surface area (Å²) in [5.74, 6) is 0.105. The predicted molar refractivity (Wildman–Crippen MR) is 112 cm³/mol. The Morgan fingerprint density at radius 3 is 2.52 bits per heavy atom. The zero-order valence-corrected chi connectivity index (χ0v) is 17.5. The van der Waals surface area contributed by atoms with Crippen LogP contribution in [0.3, 0.4) is 0 Å². The van der Waals surface area contributed by atoms with Gasteiger partial charge in [-0.25, -0.2) is 4.39 Å². The molecule has 0 atom stereocenters. The highest BCUT2D eigenvalue weighted by Crippen LogP contribution is 2.36. The molecule has 0 spiro atoms. The normalized spacial score (nSPS) is 15.3. The van der Waals surface area contributed by atoms with Gasteiger partial charge in [0.05, 0.1) is 24.7 Å². The minimum absolute atomic E-state index is 0.109. The van der Waals surface area contributed by atoms with E-state index < -0.39 is 17.0 Å². The van der Waals surface area contributed by atoms with Gasteiger partial charge in [0.2, 0.25) is 0 Å². The lowest BCUT2D eigenvalue weighted by Crippen LogP contribution is -2.28. The van der Waals surface area contributed by atoms with Gasteiger partial charge >= 0.3 is 0 Å². The Balaban J connectivity index is 1.85. The summed E-state index contributed by atoms with van der Waals surface area (Å²) in [6.45, 7) is 4.48. The van der Waals surface area contributed by atoms with E-state index in [1.165, 1.54) is 18.2 Å². The number of imide groups is 1. The van der Waals surface area contributed by atoms with Gasteiger partial charge in [-0.15, -0.1) is 0 Å². The van der Waals surface area contributed by atoms with E-state index in [0.717, 1.165) is 16.7 Å². The summed E-state index contributed by atoms with van der Waals surface area (Å²) in [6.07, 6.45) is 1.60. The highest BCUT2D eigenvalue weighted by molar-refractivity contribution is 8.18. The van der Waals surface area contributed by atoms with Crippen molar-refractivity contribution in [1.82, 2.24) is 4.90 Å². The molecule has 0 saturated carbocycles. The van der Waals surface area contributed by atoms with E-state index in [4.69, 9.17) is 21.1 Å². The van der Waals surface area contributed by atoms with Crippen molar-refractivity contribution in [3.05, 3.63) is 63.3 Å². The molecule has 1 saturated heterocycles. The SMILES string of the molecule is CCOc1ccc(/C=C2/SC(=O)N(Cc3c(F)cccc3Cl)C2=O)cc1OCC. The summed E-state index contributed by atoms with van der Waals surface area (Å²) < 4.78 is 25.2. The van der Waals surface area contributed by atoms with Crippen LogP contribution in [0.1, 0.15) is 25.0 Å². The Bertz CT molecular complexity index is 959. The largest absolute Gasteiger partial charge is 0.490 e. The average Bonchev–Trinajstić information content (AvgIpc) is 2.94. The van der Waals surface area contributed by atoms with Crippen LogP contribution in [-0.2, 0) is 11.3 Å². The quantitative estimate of drug-likeness (QED) is 0.536. The van der Waals surface area contributed by atoms with Crippen molar-refractivity contribution in [1.29, 1.82) is 0 Å². The Morgan fingerprint density at radius 2 is 1.83 bits per heavy atom. The fourth-order valence-corrected chi connectivity index (χ4v) is 3.85. The van der Waals surface area contributed by atoms with Gasteiger partial charge in [0.15, 0.2) is 11.5 Å². The van der Waals surface area contributed by atoms with Crippen molar-refractivity contribution in [2.24, 2.45) is 0 Å². The molecule has 0 bridgehead atoms. The average molecular weight is 436 g/mol. The number of thioether (sulfide) groups is 1. The highest BCUT2D eigenvalue weighted by Gasteiger charge is 2.35. The van der Waals surface area contributed by atoms with Crippen molar-refractivity contribution in [2.45, 2.75) is 20.4 Å². The monoisotopic (exact) mass is 435 g/mol. The first-order chi connectivity index (χ1) is 13.9. The Kier molecular flexibility index (Phi) is 6.82. The Hall–Kier alpha value is -2.51. The second kappa shape index (κ2) is 9.33. The van der Waals surface area contributed by atoms with Crippen LogP contribution in [0.5, 0.6) is 11.5 Å². The molecule has 8 heteroatoms. The summed E-state index contributed by atoms with van der Waals surface area (Å²) in [7, 11) is 0. The Labute approximate surface area is 177 Å². The van der Waals surface area contributed by atoms with E-state index >= 15 is 0 Å². The Morgan fingerprint density at radius 1 is 1.10 bits per heavy atom. The van der Waals surface area contributed by atoms with Crippen LogP contribution in [-0.4, -0.2) is 29.3 Å². The highest BCUT2D eigenvalue weighted by atomic mass is 35.5. The molecule has 2 aromatic carbocycles. The topological polar surface area (TPSA) is 55.8 Å². The van der Waals surface area contributed by atoms with Crippen LogP contribution < -0.4 is 9.47 Å². The number of carbonyl (C=O) groups excluding carboxylic acids is 2. The van der Waals surface area contributed by atoms with E-state index in [-0.39, 0.29) is 22.0 Å². The summed E-state index contributed by atoms with van der Waals surface area (Å²) in [4.78, 5) is 26.3. The lowest BCUT2D eigenvalue weighted by molar-refractivity contribution is -0.123. The third-order valence-corrected chi connectivity index (χ3v) is 5.38. The molecule has 5 nitrogen and oxygen atoms in total. The van der Waals surface area contributed by atoms with Gasteiger partial charge < -0.3 is 9.47 Å². The van der Waals surface area contributed by atoms with Crippen molar-refractivity contribution in [3.8, 4) is 11.5 Å². The summed E-state index contributed by atoms with van der Waals surface area (Å²) in [5.41, 5.74) is 0.795. The van der Waals surface area contributed by atoms with Crippen LogP contribution in [0.2, 0.25) is 5.02 Å². The van der Waals surface area contributed by atoms with Gasteiger partial charge in [0.1, 0.15) is 5.82 Å². The van der Waals surface area contributed by atoms with E-state index in [1.807, 2.05) is 13.8 Å². The maximum atomic E-state index is 14.0. The minimum Gasteiger partial charge on any atom is -0.490 e. The summed E-state index contributed by atoms with van der Waals surface area (Å²) in [5, 5.41) is -0.308. The molecule has 2 amide bonds. The maximum absolute atomic E-state index is 14.0. The van der Waals surface area contributed by atoms with E-state index in [1.54, 1.807) is 24.3 Å². The molecule has 2 aromatic rings. The molecular weight excluding hydrogens is 417 g/mol. The van der Waals surface area contributed by atoms with Crippen molar-refractivity contribution in [3.63, 3.8) is 0 Å². The van der Waals surface area contributed by atoms with Crippen molar-refractivity contribution >= 4 is 40.6 Å². The summed E-state index contributed by atoms with van der Waals surface area (Å²) in [6, 6.07) is 9.50. The van der Waals surface area contributed by atoms with E-state index in [9.17, 15) is 14.0 Å². The standard InChI is InChI=1S/C21H19ClFNO4S/c1-3-27-17-9-8-13(10-18(17)28-4-2)11-19-20(25)24(21(26)29-19)12-14-15(22)6-5-7-16(14)23/h5-11H,3-4,12H2,1-2H3/b19-11+. The number of rotatable bonds is 7. The molecule has 1 aliphatic rings. The minimum atomic E-state index is -0.562. The van der Waals surface area contributed by atoms with Gasteiger partial charge in [-0.2, -0.15) is 0 Å². The smallest absolute Gasteiger partial charge is 0.293 e. The van der Waals surface area contributed by atoms with E-state index in [2.05, 4.69) is 0 Å².